The fourth-order valence-electron chi connectivity index (χ4n) is 2.43. The molecule has 0 amide bonds. The maximum absolute atomic E-state index is 10.8. The van der Waals surface area contributed by atoms with Crippen molar-refractivity contribution in [2.75, 3.05) is 18.0 Å². The first kappa shape index (κ1) is 11.9. The highest BCUT2D eigenvalue weighted by atomic mass is 16.6. The number of nitrogens with two attached hydrogens (primary N) is 1. The van der Waals surface area contributed by atoms with Gasteiger partial charge in [0.25, 0.3) is 5.69 Å². The number of aryl methyl sites for hydroxylation is 1. The van der Waals surface area contributed by atoms with Gasteiger partial charge >= 0.3 is 0 Å². The first-order valence-corrected chi connectivity index (χ1v) is 5.84. The molecule has 5 nitrogen and oxygen atoms in total. The van der Waals surface area contributed by atoms with Crippen LogP contribution in [0.4, 0.5) is 11.4 Å². The summed E-state index contributed by atoms with van der Waals surface area (Å²) in [5, 5.41) is 10.8. The van der Waals surface area contributed by atoms with E-state index in [-0.39, 0.29) is 10.6 Å². The van der Waals surface area contributed by atoms with Crippen LogP contribution in [-0.4, -0.2) is 24.1 Å². The van der Waals surface area contributed by atoms with Gasteiger partial charge in [-0.25, -0.2) is 0 Å². The van der Waals surface area contributed by atoms with Crippen molar-refractivity contribution in [1.29, 1.82) is 0 Å². The molecule has 1 fully saturated rings. The molecule has 0 radical (unpaired) electrons. The van der Waals surface area contributed by atoms with Crippen LogP contribution in [0.15, 0.2) is 18.2 Å². The van der Waals surface area contributed by atoms with Gasteiger partial charge in [0.15, 0.2) is 0 Å². The molecule has 1 aromatic rings. The Morgan fingerprint density at radius 2 is 2.29 bits per heavy atom. The van der Waals surface area contributed by atoms with Crippen molar-refractivity contribution in [3.8, 4) is 0 Å². The molecule has 0 bridgehead atoms. The number of nitrogens with zero attached hydrogens (tertiary/aromatic N) is 2. The summed E-state index contributed by atoms with van der Waals surface area (Å²) < 4.78 is 0. The fraction of sp³-hybridized carbons (Fsp3) is 0.500. The van der Waals surface area contributed by atoms with E-state index >= 15 is 0 Å². The minimum atomic E-state index is -0.343. The molecule has 0 spiro atoms. The van der Waals surface area contributed by atoms with Crippen molar-refractivity contribution in [1.82, 2.24) is 0 Å². The van der Waals surface area contributed by atoms with Crippen molar-refractivity contribution < 1.29 is 4.92 Å². The molecule has 5 heteroatoms. The van der Waals surface area contributed by atoms with Crippen molar-refractivity contribution in [2.45, 2.75) is 25.8 Å². The molecule has 1 atom stereocenters. The van der Waals surface area contributed by atoms with E-state index in [2.05, 4.69) is 4.90 Å². The Balaban J connectivity index is 2.34. The second-order valence-electron chi connectivity index (χ2n) is 4.51. The highest BCUT2D eigenvalue weighted by molar-refractivity contribution is 5.57. The van der Waals surface area contributed by atoms with Gasteiger partial charge in [0.2, 0.25) is 0 Å². The lowest BCUT2D eigenvalue weighted by atomic mass is 10.1. The van der Waals surface area contributed by atoms with Crippen LogP contribution >= 0.6 is 0 Å². The van der Waals surface area contributed by atoms with Crippen molar-refractivity contribution in [3.05, 3.63) is 33.9 Å². The minimum Gasteiger partial charge on any atom is -0.367 e. The monoisotopic (exact) mass is 235 g/mol. The topological polar surface area (TPSA) is 72.4 Å². The van der Waals surface area contributed by atoms with E-state index < -0.39 is 0 Å². The number of anilines is 1. The Hall–Kier alpha value is -1.62. The summed E-state index contributed by atoms with van der Waals surface area (Å²) in [5.74, 6) is 0. The predicted molar refractivity (Wildman–Crippen MR) is 67.3 cm³/mol. The third-order valence-corrected chi connectivity index (χ3v) is 3.24. The third kappa shape index (κ3) is 2.39. The van der Waals surface area contributed by atoms with Crippen molar-refractivity contribution in [2.24, 2.45) is 5.73 Å². The molecule has 1 aliphatic heterocycles. The molecule has 17 heavy (non-hydrogen) atoms. The van der Waals surface area contributed by atoms with Gasteiger partial charge in [-0.2, -0.15) is 0 Å². The Kier molecular flexibility index (Phi) is 3.28. The fourth-order valence-corrected chi connectivity index (χ4v) is 2.43. The molecule has 0 aromatic heterocycles. The van der Waals surface area contributed by atoms with E-state index in [9.17, 15) is 10.1 Å². The van der Waals surface area contributed by atoms with Crippen LogP contribution in [0.5, 0.6) is 0 Å². The summed E-state index contributed by atoms with van der Waals surface area (Å²) in [6, 6.07) is 5.54. The van der Waals surface area contributed by atoms with E-state index in [4.69, 9.17) is 5.73 Å². The van der Waals surface area contributed by atoms with Gasteiger partial charge < -0.3 is 10.6 Å². The lowest BCUT2D eigenvalue weighted by Crippen LogP contribution is -2.35. The molecule has 0 aliphatic carbocycles. The number of hydrogen-bond acceptors (Lipinski definition) is 4. The average molecular weight is 235 g/mol. The number of benzene rings is 1. The molecule has 2 rings (SSSR count). The van der Waals surface area contributed by atoms with Crippen LogP contribution in [0, 0.1) is 17.0 Å². The van der Waals surface area contributed by atoms with Gasteiger partial charge in [0.1, 0.15) is 0 Å². The molecule has 1 heterocycles. The second-order valence-corrected chi connectivity index (χ2v) is 4.51. The van der Waals surface area contributed by atoms with Gasteiger partial charge in [-0.05, 0) is 31.4 Å². The van der Waals surface area contributed by atoms with E-state index in [1.807, 2.05) is 13.0 Å². The van der Waals surface area contributed by atoms with Gasteiger partial charge in [-0.1, -0.05) is 0 Å². The van der Waals surface area contributed by atoms with Gasteiger partial charge in [-0.15, -0.1) is 0 Å². The summed E-state index contributed by atoms with van der Waals surface area (Å²) in [6.45, 7) is 3.41. The van der Waals surface area contributed by atoms with E-state index in [1.165, 1.54) is 0 Å². The molecule has 92 valence electrons. The van der Waals surface area contributed by atoms with Crippen LogP contribution in [0.3, 0.4) is 0 Å². The highest BCUT2D eigenvalue weighted by Crippen LogP contribution is 2.29. The Labute approximate surface area is 100 Å². The van der Waals surface area contributed by atoms with Crippen LogP contribution in [0.25, 0.3) is 0 Å². The van der Waals surface area contributed by atoms with E-state index in [0.29, 0.717) is 12.6 Å². The summed E-state index contributed by atoms with van der Waals surface area (Å²) in [4.78, 5) is 12.7. The molecule has 2 N–H and O–H groups in total. The average Bonchev–Trinajstić information content (AvgIpc) is 2.76. The lowest BCUT2D eigenvalue weighted by Gasteiger charge is -2.25. The van der Waals surface area contributed by atoms with Crippen LogP contribution in [0.2, 0.25) is 0 Å². The molecule has 1 aromatic carbocycles. The van der Waals surface area contributed by atoms with Crippen LogP contribution < -0.4 is 10.6 Å². The van der Waals surface area contributed by atoms with Gasteiger partial charge in [-0.3, -0.25) is 10.1 Å². The maximum atomic E-state index is 10.8. The Bertz CT molecular complexity index is 434. The van der Waals surface area contributed by atoms with E-state index in [0.717, 1.165) is 30.6 Å². The first-order chi connectivity index (χ1) is 8.11. The second kappa shape index (κ2) is 4.71. The zero-order valence-electron chi connectivity index (χ0n) is 9.93. The largest absolute Gasteiger partial charge is 0.367 e. The number of rotatable bonds is 3. The number of hydrogen-bond donors (Lipinski definition) is 1. The molecular formula is C12H17N3O2. The van der Waals surface area contributed by atoms with Gasteiger partial charge in [0.05, 0.1) is 4.92 Å². The highest BCUT2D eigenvalue weighted by Gasteiger charge is 2.24. The number of nitro benzene ring substituents is 1. The number of nitro groups is 1. The van der Waals surface area contributed by atoms with Crippen LogP contribution in [-0.2, 0) is 0 Å². The van der Waals surface area contributed by atoms with Crippen molar-refractivity contribution in [3.63, 3.8) is 0 Å². The first-order valence-electron chi connectivity index (χ1n) is 5.84. The smallest absolute Gasteiger partial charge is 0.271 e. The van der Waals surface area contributed by atoms with Gasteiger partial charge in [0, 0.05) is 37.0 Å². The summed E-state index contributed by atoms with van der Waals surface area (Å²) in [7, 11) is 0. The molecule has 1 saturated heterocycles. The summed E-state index contributed by atoms with van der Waals surface area (Å²) in [6.07, 6.45) is 2.17. The quantitative estimate of drug-likeness (QED) is 0.640. The third-order valence-electron chi connectivity index (χ3n) is 3.24. The standard InChI is InChI=1S/C12H17N3O2/c1-9-5-11(7-12(6-9)15(16)17)14-4-2-3-10(14)8-13/h5-7,10H,2-4,8,13H2,1H3. The van der Waals surface area contributed by atoms with E-state index in [1.54, 1.807) is 12.1 Å². The number of non-ortho nitro benzene ring substituents is 1. The summed E-state index contributed by atoms with van der Waals surface area (Å²) >= 11 is 0. The minimum absolute atomic E-state index is 0.155. The molecular weight excluding hydrogens is 218 g/mol. The normalized spacial score (nSPS) is 19.6. The zero-order valence-corrected chi connectivity index (χ0v) is 9.93. The molecule has 1 aliphatic rings. The Morgan fingerprint density at radius 1 is 1.53 bits per heavy atom. The SMILES string of the molecule is Cc1cc(N2CCCC2CN)cc([N+](=O)[O-])c1. The van der Waals surface area contributed by atoms with Crippen LogP contribution in [0.1, 0.15) is 18.4 Å². The summed E-state index contributed by atoms with van der Waals surface area (Å²) in [5.41, 5.74) is 7.71. The molecule has 0 saturated carbocycles. The lowest BCUT2D eigenvalue weighted by molar-refractivity contribution is -0.384. The Morgan fingerprint density at radius 3 is 2.94 bits per heavy atom. The molecule has 1 unspecified atom stereocenters. The zero-order chi connectivity index (χ0) is 12.4. The maximum Gasteiger partial charge on any atom is 0.271 e. The van der Waals surface area contributed by atoms with Crippen molar-refractivity contribution >= 4 is 11.4 Å². The predicted octanol–water partition coefficient (Wildman–Crippen LogP) is 1.83.